The number of nitrogens with zero attached hydrogens (tertiary/aromatic N) is 1. The standard InChI is InChI=1S/C20H21N5O2S/c26-19(17-10-14(12-28-17)13-4-2-1-3-5-13)24-16-11-22-25-18(16)20(27)23-15-6-8-21-9-7-15/h1-5,10-12,15,21H,6-9H2,(H,22,25)(H,23,27)(H,24,26). The summed E-state index contributed by atoms with van der Waals surface area (Å²) in [4.78, 5) is 25.8. The molecule has 7 nitrogen and oxygen atoms in total. The Bertz CT molecular complexity index is 960. The fourth-order valence-electron chi connectivity index (χ4n) is 3.20. The molecule has 1 aromatic carbocycles. The molecule has 3 aromatic rings. The molecular formula is C20H21N5O2S. The Morgan fingerprint density at radius 2 is 1.86 bits per heavy atom. The maximum Gasteiger partial charge on any atom is 0.271 e. The van der Waals surface area contributed by atoms with E-state index in [1.54, 1.807) is 0 Å². The first kappa shape index (κ1) is 18.4. The van der Waals surface area contributed by atoms with Crippen LogP contribution in [0.3, 0.4) is 0 Å². The first-order valence-corrected chi connectivity index (χ1v) is 10.1. The Kier molecular flexibility index (Phi) is 5.50. The van der Waals surface area contributed by atoms with Crippen LogP contribution in [0, 0.1) is 0 Å². The van der Waals surface area contributed by atoms with Crippen molar-refractivity contribution >= 4 is 28.8 Å². The number of aromatic nitrogens is 2. The number of piperidine rings is 1. The number of H-pyrrole nitrogens is 1. The first-order chi connectivity index (χ1) is 13.7. The Morgan fingerprint density at radius 3 is 2.64 bits per heavy atom. The van der Waals surface area contributed by atoms with E-state index >= 15 is 0 Å². The topological polar surface area (TPSA) is 98.9 Å². The van der Waals surface area contributed by atoms with Crippen molar-refractivity contribution in [1.29, 1.82) is 0 Å². The first-order valence-electron chi connectivity index (χ1n) is 9.21. The fraction of sp³-hybridized carbons (Fsp3) is 0.250. The molecule has 1 aliphatic heterocycles. The number of amides is 2. The number of nitrogens with one attached hydrogen (secondary N) is 4. The molecular weight excluding hydrogens is 374 g/mol. The summed E-state index contributed by atoms with van der Waals surface area (Å²) in [7, 11) is 0. The van der Waals surface area contributed by atoms with Crippen LogP contribution in [0.4, 0.5) is 5.69 Å². The quantitative estimate of drug-likeness (QED) is 0.534. The summed E-state index contributed by atoms with van der Waals surface area (Å²) in [5.41, 5.74) is 2.70. The number of hydrogen-bond acceptors (Lipinski definition) is 5. The van der Waals surface area contributed by atoms with Crippen LogP contribution in [-0.2, 0) is 0 Å². The minimum atomic E-state index is -0.260. The van der Waals surface area contributed by atoms with E-state index in [-0.39, 0.29) is 23.6 Å². The van der Waals surface area contributed by atoms with Gasteiger partial charge in [0.15, 0.2) is 0 Å². The van der Waals surface area contributed by atoms with Gasteiger partial charge in [-0.05, 0) is 48.5 Å². The Balaban J connectivity index is 1.43. The van der Waals surface area contributed by atoms with Gasteiger partial charge in [-0.15, -0.1) is 11.3 Å². The van der Waals surface area contributed by atoms with Gasteiger partial charge in [0.25, 0.3) is 11.8 Å². The highest BCUT2D eigenvalue weighted by Crippen LogP contribution is 2.26. The lowest BCUT2D eigenvalue weighted by Crippen LogP contribution is -2.43. The van der Waals surface area contributed by atoms with E-state index < -0.39 is 0 Å². The van der Waals surface area contributed by atoms with E-state index in [9.17, 15) is 9.59 Å². The van der Waals surface area contributed by atoms with Gasteiger partial charge in [0, 0.05) is 6.04 Å². The third-order valence-corrected chi connectivity index (χ3v) is 5.65. The van der Waals surface area contributed by atoms with Crippen molar-refractivity contribution in [1.82, 2.24) is 20.8 Å². The largest absolute Gasteiger partial charge is 0.348 e. The molecule has 0 spiro atoms. The number of carbonyl (C=O) groups is 2. The predicted octanol–water partition coefficient (Wildman–Crippen LogP) is 2.87. The molecule has 1 saturated heterocycles. The molecule has 0 atom stereocenters. The minimum Gasteiger partial charge on any atom is -0.348 e. The van der Waals surface area contributed by atoms with Crippen molar-refractivity contribution < 1.29 is 9.59 Å². The van der Waals surface area contributed by atoms with Crippen LogP contribution in [0.25, 0.3) is 11.1 Å². The van der Waals surface area contributed by atoms with Crippen LogP contribution < -0.4 is 16.0 Å². The second-order valence-corrected chi connectivity index (χ2v) is 7.59. The third kappa shape index (κ3) is 4.13. The predicted molar refractivity (Wildman–Crippen MR) is 110 cm³/mol. The fourth-order valence-corrected chi connectivity index (χ4v) is 4.01. The number of carbonyl (C=O) groups excluding carboxylic acids is 2. The van der Waals surface area contributed by atoms with Crippen molar-refractivity contribution in [3.05, 3.63) is 58.5 Å². The number of hydrogen-bond donors (Lipinski definition) is 4. The average Bonchev–Trinajstić information content (AvgIpc) is 3.39. The molecule has 4 N–H and O–H groups in total. The third-order valence-electron chi connectivity index (χ3n) is 4.72. The van der Waals surface area contributed by atoms with Crippen LogP contribution in [0.2, 0.25) is 0 Å². The van der Waals surface area contributed by atoms with Gasteiger partial charge in [0.2, 0.25) is 0 Å². The monoisotopic (exact) mass is 395 g/mol. The summed E-state index contributed by atoms with van der Waals surface area (Å²) >= 11 is 1.37. The SMILES string of the molecule is O=C(Nc1cn[nH]c1C(=O)NC1CCNCC1)c1cc(-c2ccccc2)cs1. The van der Waals surface area contributed by atoms with Crippen molar-refractivity contribution in [3.63, 3.8) is 0 Å². The molecule has 0 aliphatic carbocycles. The molecule has 28 heavy (non-hydrogen) atoms. The molecule has 8 heteroatoms. The highest BCUT2D eigenvalue weighted by molar-refractivity contribution is 7.12. The van der Waals surface area contributed by atoms with Gasteiger partial charge in [0.1, 0.15) is 5.69 Å². The second-order valence-electron chi connectivity index (χ2n) is 6.68. The molecule has 0 bridgehead atoms. The molecule has 0 unspecified atom stereocenters. The summed E-state index contributed by atoms with van der Waals surface area (Å²) in [6.45, 7) is 1.78. The molecule has 1 aliphatic rings. The summed E-state index contributed by atoms with van der Waals surface area (Å²) in [5.74, 6) is -0.514. The van der Waals surface area contributed by atoms with Crippen LogP contribution in [0.1, 0.15) is 33.0 Å². The molecule has 0 saturated carbocycles. The normalized spacial score (nSPS) is 14.6. The Morgan fingerprint density at radius 1 is 1.07 bits per heavy atom. The molecule has 4 rings (SSSR count). The summed E-state index contributed by atoms with van der Waals surface area (Å²) in [5, 5.41) is 17.6. The maximum absolute atomic E-state index is 12.6. The zero-order chi connectivity index (χ0) is 19.3. The Hall–Kier alpha value is -2.97. The van der Waals surface area contributed by atoms with Crippen molar-refractivity contribution in [2.24, 2.45) is 0 Å². The molecule has 2 aromatic heterocycles. The highest BCUT2D eigenvalue weighted by atomic mass is 32.1. The molecule has 1 fully saturated rings. The molecule has 0 radical (unpaired) electrons. The summed E-state index contributed by atoms with van der Waals surface area (Å²) in [6.07, 6.45) is 3.24. The maximum atomic E-state index is 12.6. The summed E-state index contributed by atoms with van der Waals surface area (Å²) < 4.78 is 0. The average molecular weight is 395 g/mol. The van der Waals surface area contributed by atoms with E-state index in [4.69, 9.17) is 0 Å². The lowest BCUT2D eigenvalue weighted by atomic mass is 10.1. The zero-order valence-electron chi connectivity index (χ0n) is 15.2. The van der Waals surface area contributed by atoms with Crippen molar-refractivity contribution in [2.75, 3.05) is 18.4 Å². The lowest BCUT2D eigenvalue weighted by Gasteiger charge is -2.23. The lowest BCUT2D eigenvalue weighted by molar-refractivity contribution is 0.0925. The van der Waals surface area contributed by atoms with Crippen LogP contribution in [0.5, 0.6) is 0 Å². The van der Waals surface area contributed by atoms with E-state index in [1.807, 2.05) is 41.8 Å². The summed E-state index contributed by atoms with van der Waals surface area (Å²) in [6, 6.07) is 11.9. The van der Waals surface area contributed by atoms with E-state index in [1.165, 1.54) is 17.5 Å². The molecule has 2 amide bonds. The smallest absolute Gasteiger partial charge is 0.271 e. The number of aromatic amines is 1. The van der Waals surface area contributed by atoms with Gasteiger partial charge in [-0.2, -0.15) is 5.10 Å². The molecule has 144 valence electrons. The number of rotatable bonds is 5. The van der Waals surface area contributed by atoms with Gasteiger partial charge < -0.3 is 16.0 Å². The van der Waals surface area contributed by atoms with Crippen LogP contribution in [-0.4, -0.2) is 41.1 Å². The van der Waals surface area contributed by atoms with E-state index in [0.29, 0.717) is 10.6 Å². The second kappa shape index (κ2) is 8.37. The van der Waals surface area contributed by atoms with Crippen LogP contribution >= 0.6 is 11.3 Å². The van der Waals surface area contributed by atoms with E-state index in [2.05, 4.69) is 26.1 Å². The van der Waals surface area contributed by atoms with E-state index in [0.717, 1.165) is 37.1 Å². The van der Waals surface area contributed by atoms with Crippen molar-refractivity contribution in [2.45, 2.75) is 18.9 Å². The highest BCUT2D eigenvalue weighted by Gasteiger charge is 2.21. The zero-order valence-corrected chi connectivity index (χ0v) is 16.0. The molecule has 3 heterocycles. The number of thiophene rings is 1. The van der Waals surface area contributed by atoms with Gasteiger partial charge in [-0.3, -0.25) is 14.7 Å². The number of benzene rings is 1. The van der Waals surface area contributed by atoms with Crippen LogP contribution in [0.15, 0.2) is 48.0 Å². The van der Waals surface area contributed by atoms with Gasteiger partial charge in [0.05, 0.1) is 16.8 Å². The van der Waals surface area contributed by atoms with Crippen molar-refractivity contribution in [3.8, 4) is 11.1 Å². The number of anilines is 1. The van der Waals surface area contributed by atoms with Gasteiger partial charge in [-0.25, -0.2) is 0 Å². The van der Waals surface area contributed by atoms with Gasteiger partial charge in [-0.1, -0.05) is 30.3 Å². The Labute approximate surface area is 166 Å². The van der Waals surface area contributed by atoms with Gasteiger partial charge >= 0.3 is 0 Å². The minimum absolute atomic E-state index is 0.131.